The van der Waals surface area contributed by atoms with E-state index in [4.69, 9.17) is 0 Å². The van der Waals surface area contributed by atoms with Crippen molar-refractivity contribution in [1.29, 1.82) is 0 Å². The molecule has 0 saturated carbocycles. The molecule has 2 aliphatic rings. The second-order valence-electron chi connectivity index (χ2n) is 10.1. The van der Waals surface area contributed by atoms with Gasteiger partial charge in [0.1, 0.15) is 0 Å². The molecule has 2 heteroatoms. The fourth-order valence-electron chi connectivity index (χ4n) is 6.95. The Hall–Kier alpha value is -4.56. The quantitative estimate of drug-likeness (QED) is 0.231. The maximum Gasteiger partial charge on any atom is 0.329 e. The van der Waals surface area contributed by atoms with Gasteiger partial charge >= 0.3 is 6.85 Å². The molecule has 0 spiro atoms. The van der Waals surface area contributed by atoms with Crippen LogP contribution in [0.15, 0.2) is 121 Å². The van der Waals surface area contributed by atoms with Crippen LogP contribution in [0.4, 0.5) is 0 Å². The minimum Gasteiger partial charge on any atom is -0.375 e. The normalized spacial score (nSPS) is 12.9. The minimum absolute atomic E-state index is 0.163. The van der Waals surface area contributed by atoms with Crippen LogP contribution in [0.5, 0.6) is 0 Å². The van der Waals surface area contributed by atoms with E-state index in [1.807, 2.05) is 0 Å². The van der Waals surface area contributed by atoms with E-state index in [-0.39, 0.29) is 6.85 Å². The van der Waals surface area contributed by atoms with Crippen molar-refractivity contribution in [1.82, 2.24) is 4.48 Å². The summed E-state index contributed by atoms with van der Waals surface area (Å²) in [5.74, 6) is 0. The van der Waals surface area contributed by atoms with Gasteiger partial charge in [0.25, 0.3) is 0 Å². The molecule has 0 bridgehead atoms. The van der Waals surface area contributed by atoms with Crippen LogP contribution in [0, 0.1) is 0 Å². The predicted octanol–water partition coefficient (Wildman–Crippen LogP) is 7.23. The van der Waals surface area contributed by atoms with E-state index in [0.717, 1.165) is 0 Å². The topological polar surface area (TPSA) is 4.93 Å². The summed E-state index contributed by atoms with van der Waals surface area (Å²) in [6, 6.07) is 45.1. The lowest BCUT2D eigenvalue weighted by Gasteiger charge is -2.32. The van der Waals surface area contributed by atoms with Gasteiger partial charge in [-0.2, -0.15) is 0 Å². The molecule has 0 saturated heterocycles. The van der Waals surface area contributed by atoms with Crippen LogP contribution >= 0.6 is 0 Å². The van der Waals surface area contributed by atoms with E-state index in [9.17, 15) is 0 Å². The molecule has 6 aromatic carbocycles. The zero-order chi connectivity index (χ0) is 23.4. The summed E-state index contributed by atoms with van der Waals surface area (Å²) >= 11 is 0. The monoisotopic (exact) mass is 453 g/mol. The fraction of sp³-hybridized carbons (Fsp3) is 0. The summed E-state index contributed by atoms with van der Waals surface area (Å²) < 4.78 is 2.63. The van der Waals surface area contributed by atoms with Crippen LogP contribution in [0.3, 0.4) is 0 Å². The van der Waals surface area contributed by atoms with Crippen molar-refractivity contribution in [3.63, 3.8) is 0 Å². The lowest BCUT2D eigenvalue weighted by Crippen LogP contribution is -2.53. The van der Waals surface area contributed by atoms with Crippen LogP contribution in [0.25, 0.3) is 66.0 Å². The zero-order valence-electron chi connectivity index (χ0n) is 19.6. The van der Waals surface area contributed by atoms with Crippen LogP contribution in [-0.4, -0.2) is 11.3 Å². The van der Waals surface area contributed by atoms with Crippen LogP contribution in [0.1, 0.15) is 0 Å². The van der Waals surface area contributed by atoms with Crippen LogP contribution in [-0.2, 0) is 0 Å². The summed E-state index contributed by atoms with van der Waals surface area (Å²) in [5, 5.41) is 5.29. The first-order valence-electron chi connectivity index (χ1n) is 12.7. The van der Waals surface area contributed by atoms with Gasteiger partial charge in [0, 0.05) is 32.9 Å². The van der Waals surface area contributed by atoms with Gasteiger partial charge in [0.2, 0.25) is 0 Å². The van der Waals surface area contributed by atoms with Gasteiger partial charge in [0.15, 0.2) is 0 Å². The second kappa shape index (κ2) is 6.56. The molecule has 0 atom stereocenters. The van der Waals surface area contributed by atoms with E-state index >= 15 is 0 Å². The number of hydrogen-bond donors (Lipinski definition) is 0. The third-order valence-electron chi connectivity index (χ3n) is 8.38. The van der Waals surface area contributed by atoms with Crippen molar-refractivity contribution in [2.45, 2.75) is 0 Å². The smallest absolute Gasteiger partial charge is 0.329 e. The van der Waals surface area contributed by atoms with E-state index in [1.165, 1.54) is 76.9 Å². The van der Waals surface area contributed by atoms with Crippen LogP contribution in [0.2, 0.25) is 0 Å². The molecule has 9 rings (SSSR count). The average Bonchev–Trinajstić information content (AvgIpc) is 3.29. The molecule has 3 heterocycles. The average molecular weight is 453 g/mol. The molecule has 164 valence electrons. The van der Waals surface area contributed by atoms with Gasteiger partial charge in [-0.3, -0.25) is 0 Å². The first kappa shape index (κ1) is 18.7. The number of para-hydroxylation sites is 2. The van der Waals surface area contributed by atoms with Gasteiger partial charge in [-0.1, -0.05) is 121 Å². The SMILES string of the molecule is c1ccc2c(c1)B1c3cc(-c4cccc5ccccc45)ccc3-c3cccc4c5cccc-2c5n1c34. The summed E-state index contributed by atoms with van der Waals surface area (Å²) in [6.07, 6.45) is 0. The Morgan fingerprint density at radius 2 is 1.00 bits per heavy atom. The van der Waals surface area contributed by atoms with Crippen molar-refractivity contribution in [2.75, 3.05) is 0 Å². The summed E-state index contributed by atoms with van der Waals surface area (Å²) in [6.45, 7) is 0.163. The zero-order valence-corrected chi connectivity index (χ0v) is 19.6. The molecular formula is C34H20BN. The predicted molar refractivity (Wildman–Crippen MR) is 154 cm³/mol. The van der Waals surface area contributed by atoms with E-state index in [2.05, 4.69) is 126 Å². The molecule has 2 aliphatic heterocycles. The maximum atomic E-state index is 2.63. The van der Waals surface area contributed by atoms with Crippen LogP contribution < -0.4 is 10.9 Å². The highest BCUT2D eigenvalue weighted by Gasteiger charge is 2.39. The highest BCUT2D eigenvalue weighted by Crippen LogP contribution is 2.44. The second-order valence-corrected chi connectivity index (χ2v) is 10.1. The van der Waals surface area contributed by atoms with Crippen molar-refractivity contribution >= 4 is 50.4 Å². The molecule has 7 aromatic rings. The van der Waals surface area contributed by atoms with Crippen molar-refractivity contribution in [3.05, 3.63) is 121 Å². The number of nitrogens with zero attached hydrogens (tertiary/aromatic N) is 1. The van der Waals surface area contributed by atoms with Gasteiger partial charge in [-0.15, -0.1) is 0 Å². The third-order valence-corrected chi connectivity index (χ3v) is 8.38. The molecule has 0 N–H and O–H groups in total. The summed E-state index contributed by atoms with van der Waals surface area (Å²) in [4.78, 5) is 0. The molecule has 0 radical (unpaired) electrons. The molecule has 1 nitrogen and oxygen atoms in total. The molecule has 0 fully saturated rings. The third kappa shape index (κ3) is 2.18. The lowest BCUT2D eigenvalue weighted by molar-refractivity contribution is 1.31. The number of fused-ring (bicyclic) bond motifs is 8. The molecule has 1 aromatic heterocycles. The molecule has 0 amide bonds. The van der Waals surface area contributed by atoms with Gasteiger partial charge in [-0.05, 0) is 44.0 Å². The van der Waals surface area contributed by atoms with Crippen molar-refractivity contribution in [3.8, 4) is 33.4 Å². The lowest BCUT2D eigenvalue weighted by atomic mass is 9.45. The number of hydrogen-bond acceptors (Lipinski definition) is 0. The van der Waals surface area contributed by atoms with E-state index in [1.54, 1.807) is 0 Å². The first-order valence-corrected chi connectivity index (χ1v) is 12.7. The Bertz CT molecular complexity index is 2060. The van der Waals surface area contributed by atoms with E-state index < -0.39 is 0 Å². The Balaban J connectivity index is 1.44. The standard InChI is InChI=1S/C34H20BN/c1-2-10-23-21(8-1)9-5-12-24(23)22-18-19-26-28-14-7-16-30-29-15-6-13-27-25-11-3-4-17-31(25)35(32(26)20-22)36(33(27)29)34(28)30/h1-20H. The Kier molecular flexibility index (Phi) is 3.41. The van der Waals surface area contributed by atoms with Crippen molar-refractivity contribution < 1.29 is 0 Å². The first-order chi connectivity index (χ1) is 17.9. The fourth-order valence-corrected chi connectivity index (χ4v) is 6.95. The largest absolute Gasteiger partial charge is 0.375 e. The maximum absolute atomic E-state index is 2.63. The number of aromatic nitrogens is 1. The molecule has 0 aliphatic carbocycles. The van der Waals surface area contributed by atoms with E-state index in [0.29, 0.717) is 0 Å². The Morgan fingerprint density at radius 1 is 0.417 bits per heavy atom. The minimum atomic E-state index is 0.163. The van der Waals surface area contributed by atoms with Crippen molar-refractivity contribution in [2.24, 2.45) is 0 Å². The van der Waals surface area contributed by atoms with Gasteiger partial charge < -0.3 is 4.48 Å². The van der Waals surface area contributed by atoms with Gasteiger partial charge in [0.05, 0.1) is 0 Å². The number of rotatable bonds is 1. The summed E-state index contributed by atoms with van der Waals surface area (Å²) in [7, 11) is 0. The molecule has 0 unspecified atom stereocenters. The Morgan fingerprint density at radius 3 is 1.83 bits per heavy atom. The summed E-state index contributed by atoms with van der Waals surface area (Å²) in [5.41, 5.74) is 13.5. The molecule has 36 heavy (non-hydrogen) atoms. The highest BCUT2D eigenvalue weighted by atomic mass is 14.9. The molecular weight excluding hydrogens is 433 g/mol. The Labute approximate surface area is 209 Å². The number of benzene rings is 6. The van der Waals surface area contributed by atoms with Gasteiger partial charge in [-0.25, -0.2) is 0 Å². The highest BCUT2D eigenvalue weighted by molar-refractivity contribution is 6.88.